The van der Waals surface area contributed by atoms with Crippen molar-refractivity contribution in [1.29, 1.82) is 0 Å². The van der Waals surface area contributed by atoms with Crippen LogP contribution in [-0.2, 0) is 18.4 Å². The average molecular weight is 234 g/mol. The number of rotatable bonds is 8. The molecule has 0 fully saturated rings. The van der Waals surface area contributed by atoms with E-state index in [9.17, 15) is 4.79 Å². The molecule has 0 saturated carbocycles. The quantitative estimate of drug-likeness (QED) is 0.366. The number of carbonyl (C=O) groups excluding carboxylic acids is 1. The Balaban J connectivity index is 3.49. The van der Waals surface area contributed by atoms with Gasteiger partial charge in [-0.1, -0.05) is 6.92 Å². The van der Waals surface area contributed by atoms with Gasteiger partial charge in [-0.2, -0.15) is 0 Å². The van der Waals surface area contributed by atoms with Crippen molar-refractivity contribution in [1.82, 2.24) is 0 Å². The smallest absolute Gasteiger partial charge is 0.334 e. The molecule has 0 aliphatic heterocycles. The normalized spacial score (nSPS) is 11.5. The summed E-state index contributed by atoms with van der Waals surface area (Å²) >= 11 is 0. The number of esters is 1. The van der Waals surface area contributed by atoms with Gasteiger partial charge >= 0.3 is 14.5 Å². The molecule has 0 unspecified atom stereocenters. The zero-order valence-electron chi connectivity index (χ0n) is 10.2. The molecule has 0 aliphatic carbocycles. The van der Waals surface area contributed by atoms with Crippen LogP contribution in [0, 0.1) is 0 Å². The molecule has 0 aromatic rings. The number of unbranched alkanes of at least 4 members (excludes halogenated alkanes) is 1. The van der Waals surface area contributed by atoms with E-state index in [1.165, 1.54) is 0 Å². The van der Waals surface area contributed by atoms with E-state index < -0.39 is 8.56 Å². The van der Waals surface area contributed by atoms with Crippen LogP contribution in [-0.4, -0.2) is 35.4 Å². The number of carbonyl (C=O) groups is 1. The van der Waals surface area contributed by atoms with Gasteiger partial charge in [0.2, 0.25) is 0 Å². The minimum Gasteiger partial charge on any atom is -0.466 e. The number of hydrogen-bond acceptors (Lipinski definition) is 4. The fraction of sp³-hybridized carbons (Fsp3) is 0.900. The number of ether oxygens (including phenoxy) is 1. The lowest BCUT2D eigenvalue weighted by atomic mass is 10.3. The first kappa shape index (κ1) is 14.6. The molecular formula is C10H22O4Si. The van der Waals surface area contributed by atoms with Crippen LogP contribution in [0.2, 0.25) is 12.6 Å². The van der Waals surface area contributed by atoms with Crippen molar-refractivity contribution in [2.45, 2.75) is 38.8 Å². The van der Waals surface area contributed by atoms with E-state index in [1.807, 2.05) is 6.55 Å². The first-order valence-electron chi connectivity index (χ1n) is 5.34. The van der Waals surface area contributed by atoms with E-state index in [-0.39, 0.29) is 5.97 Å². The highest BCUT2D eigenvalue weighted by molar-refractivity contribution is 6.65. The summed E-state index contributed by atoms with van der Waals surface area (Å²) in [4.78, 5) is 10.8. The molecule has 90 valence electrons. The molecule has 0 aromatic carbocycles. The van der Waals surface area contributed by atoms with E-state index in [4.69, 9.17) is 13.6 Å². The molecule has 0 amide bonds. The molecule has 0 spiro atoms. The summed E-state index contributed by atoms with van der Waals surface area (Å²) in [6.07, 6.45) is 2.30. The van der Waals surface area contributed by atoms with Gasteiger partial charge in [-0.15, -0.1) is 0 Å². The van der Waals surface area contributed by atoms with Crippen molar-refractivity contribution >= 4 is 14.5 Å². The number of hydrogen-bond donors (Lipinski definition) is 0. The van der Waals surface area contributed by atoms with Crippen molar-refractivity contribution in [2.24, 2.45) is 0 Å². The Morgan fingerprint density at radius 2 is 1.80 bits per heavy atom. The lowest BCUT2D eigenvalue weighted by Crippen LogP contribution is -2.35. The topological polar surface area (TPSA) is 44.8 Å². The maximum Gasteiger partial charge on any atom is 0.334 e. The van der Waals surface area contributed by atoms with Crippen molar-refractivity contribution in [3.8, 4) is 0 Å². The molecule has 4 nitrogen and oxygen atoms in total. The first-order chi connectivity index (χ1) is 7.08. The molecule has 0 rings (SSSR count). The molecule has 0 N–H and O–H groups in total. The van der Waals surface area contributed by atoms with Gasteiger partial charge in [0, 0.05) is 20.6 Å². The SMILES string of the molecule is CCC(=O)OCCCC[Si](C)(OC)OC. The second-order valence-electron chi connectivity index (χ2n) is 3.57. The molecule has 0 aromatic heterocycles. The monoisotopic (exact) mass is 234 g/mol. The standard InChI is InChI=1S/C10H22O4Si/c1-5-10(11)14-8-6-7-9-15(4,12-2)13-3/h5-9H2,1-4H3. The first-order valence-corrected chi connectivity index (χ1v) is 7.86. The zero-order valence-corrected chi connectivity index (χ0v) is 11.2. The van der Waals surface area contributed by atoms with Crippen LogP contribution in [0.3, 0.4) is 0 Å². The molecule has 15 heavy (non-hydrogen) atoms. The molecule has 0 bridgehead atoms. The van der Waals surface area contributed by atoms with Crippen molar-refractivity contribution in [2.75, 3.05) is 20.8 Å². The molecule has 0 atom stereocenters. The Kier molecular flexibility index (Phi) is 7.64. The highest BCUT2D eigenvalue weighted by atomic mass is 28.4. The van der Waals surface area contributed by atoms with Crippen molar-refractivity contribution in [3.63, 3.8) is 0 Å². The largest absolute Gasteiger partial charge is 0.466 e. The minimum absolute atomic E-state index is 0.131. The molecule has 0 saturated heterocycles. The summed E-state index contributed by atoms with van der Waals surface area (Å²) in [5.41, 5.74) is 0. The lowest BCUT2D eigenvalue weighted by molar-refractivity contribution is -0.143. The highest BCUT2D eigenvalue weighted by Crippen LogP contribution is 2.14. The van der Waals surface area contributed by atoms with Crippen LogP contribution in [0.4, 0.5) is 0 Å². The van der Waals surface area contributed by atoms with E-state index in [1.54, 1.807) is 21.1 Å². The Bertz CT molecular complexity index is 180. The van der Waals surface area contributed by atoms with Gasteiger partial charge < -0.3 is 13.6 Å². The van der Waals surface area contributed by atoms with Crippen molar-refractivity contribution in [3.05, 3.63) is 0 Å². The highest BCUT2D eigenvalue weighted by Gasteiger charge is 2.27. The summed E-state index contributed by atoms with van der Waals surface area (Å²) in [6, 6.07) is 0.934. The lowest BCUT2D eigenvalue weighted by Gasteiger charge is -2.22. The van der Waals surface area contributed by atoms with E-state index in [0.29, 0.717) is 13.0 Å². The van der Waals surface area contributed by atoms with Gasteiger partial charge in [0.15, 0.2) is 0 Å². The van der Waals surface area contributed by atoms with Gasteiger partial charge in [-0.05, 0) is 25.4 Å². The molecule has 0 aliphatic rings. The third kappa shape index (κ3) is 6.65. The maximum atomic E-state index is 10.8. The Morgan fingerprint density at radius 1 is 1.20 bits per heavy atom. The fourth-order valence-corrected chi connectivity index (χ4v) is 2.59. The van der Waals surface area contributed by atoms with E-state index in [0.717, 1.165) is 18.9 Å². The summed E-state index contributed by atoms with van der Waals surface area (Å²) in [5, 5.41) is 0. The third-order valence-corrected chi connectivity index (χ3v) is 5.43. The second-order valence-corrected chi connectivity index (χ2v) is 7.16. The van der Waals surface area contributed by atoms with Crippen LogP contribution in [0.25, 0.3) is 0 Å². The molecule has 0 heterocycles. The van der Waals surface area contributed by atoms with Crippen LogP contribution in [0.1, 0.15) is 26.2 Å². The van der Waals surface area contributed by atoms with Crippen LogP contribution in [0.5, 0.6) is 0 Å². The molecule has 5 heteroatoms. The van der Waals surface area contributed by atoms with E-state index in [2.05, 4.69) is 0 Å². The summed E-state index contributed by atoms with van der Waals surface area (Å²) in [5.74, 6) is -0.131. The van der Waals surface area contributed by atoms with Gasteiger partial charge in [0.25, 0.3) is 0 Å². The van der Waals surface area contributed by atoms with E-state index >= 15 is 0 Å². The third-order valence-electron chi connectivity index (χ3n) is 2.44. The van der Waals surface area contributed by atoms with Gasteiger partial charge in [0.1, 0.15) is 0 Å². The predicted molar refractivity (Wildman–Crippen MR) is 60.9 cm³/mol. The maximum absolute atomic E-state index is 10.8. The summed E-state index contributed by atoms with van der Waals surface area (Å²) in [6.45, 7) is 4.33. The fourth-order valence-electron chi connectivity index (χ4n) is 1.12. The summed E-state index contributed by atoms with van der Waals surface area (Å²) < 4.78 is 15.7. The van der Waals surface area contributed by atoms with Crippen molar-refractivity contribution < 1.29 is 18.4 Å². The minimum atomic E-state index is -1.92. The van der Waals surface area contributed by atoms with Gasteiger partial charge in [0.05, 0.1) is 6.61 Å². The molecule has 0 radical (unpaired) electrons. The molecular weight excluding hydrogens is 212 g/mol. The Labute approximate surface area is 93.2 Å². The Morgan fingerprint density at radius 3 is 2.27 bits per heavy atom. The zero-order chi connectivity index (χ0) is 11.7. The Hall–Kier alpha value is -0.393. The van der Waals surface area contributed by atoms with Crippen LogP contribution in [0.15, 0.2) is 0 Å². The summed E-state index contributed by atoms with van der Waals surface area (Å²) in [7, 11) is 1.45. The van der Waals surface area contributed by atoms with Crippen LogP contribution < -0.4 is 0 Å². The predicted octanol–water partition coefficient (Wildman–Crippen LogP) is 2.08. The average Bonchev–Trinajstić information content (AvgIpc) is 2.27. The van der Waals surface area contributed by atoms with Gasteiger partial charge in [-0.3, -0.25) is 4.79 Å². The van der Waals surface area contributed by atoms with Gasteiger partial charge in [-0.25, -0.2) is 0 Å². The van der Waals surface area contributed by atoms with Crippen LogP contribution >= 0.6 is 0 Å². The second kappa shape index (κ2) is 7.84.